The Hall–Kier alpha value is -0.550. The van der Waals surface area contributed by atoms with Crippen LogP contribution < -0.4 is 10.6 Å². The minimum Gasteiger partial charge on any atom is -0.373 e. The van der Waals surface area contributed by atoms with E-state index in [4.69, 9.17) is 9.73 Å². The van der Waals surface area contributed by atoms with Gasteiger partial charge in [0.1, 0.15) is 12.4 Å². The number of rotatable bonds is 7. The molecule has 3 rings (SSSR count). The molecular formula is C16H29IN6OS. The summed E-state index contributed by atoms with van der Waals surface area (Å²) < 4.78 is 7.92. The fraction of sp³-hybridized carbons (Fsp3) is 0.812. The second-order valence-corrected chi connectivity index (χ2v) is 7.51. The first-order chi connectivity index (χ1) is 11.7. The molecule has 0 aliphatic carbocycles. The van der Waals surface area contributed by atoms with Crippen molar-refractivity contribution >= 4 is 41.7 Å². The summed E-state index contributed by atoms with van der Waals surface area (Å²) in [5.41, 5.74) is 0. The van der Waals surface area contributed by atoms with Gasteiger partial charge in [-0.3, -0.25) is 0 Å². The van der Waals surface area contributed by atoms with E-state index in [0.717, 1.165) is 49.2 Å². The van der Waals surface area contributed by atoms with Crippen molar-refractivity contribution in [3.05, 3.63) is 11.6 Å². The van der Waals surface area contributed by atoms with Crippen molar-refractivity contribution in [2.45, 2.75) is 57.4 Å². The number of thioether (sulfide) groups is 1. The van der Waals surface area contributed by atoms with Gasteiger partial charge in [0.2, 0.25) is 0 Å². The molecule has 2 saturated heterocycles. The molecule has 2 fully saturated rings. The minimum absolute atomic E-state index is 0. The van der Waals surface area contributed by atoms with Crippen molar-refractivity contribution in [3.8, 4) is 0 Å². The van der Waals surface area contributed by atoms with Gasteiger partial charge in [-0.15, -0.1) is 34.2 Å². The summed E-state index contributed by atoms with van der Waals surface area (Å²) in [6, 6.07) is 0.372. The highest BCUT2D eigenvalue weighted by Gasteiger charge is 2.41. The second-order valence-electron chi connectivity index (χ2n) is 6.52. The Morgan fingerprint density at radius 2 is 2.24 bits per heavy atom. The molecule has 3 unspecified atom stereocenters. The molecule has 2 aliphatic rings. The predicted octanol–water partition coefficient (Wildman–Crippen LogP) is 1.85. The van der Waals surface area contributed by atoms with E-state index >= 15 is 0 Å². The number of guanidine groups is 1. The summed E-state index contributed by atoms with van der Waals surface area (Å²) in [6.07, 6.45) is 7.48. The van der Waals surface area contributed by atoms with Gasteiger partial charge in [-0.05, 0) is 44.6 Å². The second kappa shape index (κ2) is 9.96. The SMILES string of the molecule is CSCCCNC(=NCc1nnc(C)n1C)NC1CC2CCC1O2.I. The fourth-order valence-corrected chi connectivity index (χ4v) is 3.71. The largest absolute Gasteiger partial charge is 0.373 e. The van der Waals surface area contributed by atoms with Crippen molar-refractivity contribution < 1.29 is 4.74 Å². The number of hydrogen-bond acceptors (Lipinski definition) is 5. The molecule has 25 heavy (non-hydrogen) atoms. The third-order valence-corrected chi connectivity index (χ3v) is 5.50. The summed E-state index contributed by atoms with van der Waals surface area (Å²) in [5.74, 6) is 3.80. The maximum atomic E-state index is 5.94. The summed E-state index contributed by atoms with van der Waals surface area (Å²) in [5, 5.41) is 15.3. The number of nitrogens with one attached hydrogen (secondary N) is 2. The molecule has 3 atom stereocenters. The molecule has 3 heterocycles. The molecule has 0 aromatic carbocycles. The smallest absolute Gasteiger partial charge is 0.192 e. The lowest BCUT2D eigenvalue weighted by Crippen LogP contribution is -2.47. The molecule has 0 radical (unpaired) electrons. The van der Waals surface area contributed by atoms with Crippen molar-refractivity contribution in [1.82, 2.24) is 25.4 Å². The summed E-state index contributed by atoms with van der Waals surface area (Å²) in [7, 11) is 1.98. The molecule has 0 spiro atoms. The lowest BCUT2D eigenvalue weighted by atomic mass is 9.96. The van der Waals surface area contributed by atoms with Crippen LogP contribution in [0, 0.1) is 6.92 Å². The van der Waals surface area contributed by atoms with Gasteiger partial charge < -0.3 is 19.9 Å². The summed E-state index contributed by atoms with van der Waals surface area (Å²) in [6.45, 7) is 3.40. The van der Waals surface area contributed by atoms with Crippen LogP contribution in [0.5, 0.6) is 0 Å². The predicted molar refractivity (Wildman–Crippen MR) is 113 cm³/mol. The van der Waals surface area contributed by atoms with Gasteiger partial charge in [-0.2, -0.15) is 11.8 Å². The van der Waals surface area contributed by atoms with Crippen LogP contribution in [0.4, 0.5) is 0 Å². The highest BCUT2D eigenvalue weighted by molar-refractivity contribution is 14.0. The van der Waals surface area contributed by atoms with Gasteiger partial charge >= 0.3 is 0 Å². The summed E-state index contributed by atoms with van der Waals surface area (Å²) >= 11 is 1.87. The molecule has 142 valence electrons. The molecule has 0 amide bonds. The number of nitrogens with zero attached hydrogens (tertiary/aromatic N) is 4. The minimum atomic E-state index is 0. The van der Waals surface area contributed by atoms with Gasteiger partial charge in [0.15, 0.2) is 11.8 Å². The Morgan fingerprint density at radius 3 is 2.84 bits per heavy atom. The van der Waals surface area contributed by atoms with Crippen molar-refractivity contribution in [3.63, 3.8) is 0 Å². The monoisotopic (exact) mass is 480 g/mol. The maximum absolute atomic E-state index is 5.94. The zero-order valence-corrected chi connectivity index (χ0v) is 18.3. The van der Waals surface area contributed by atoms with Crippen LogP contribution in [0.15, 0.2) is 4.99 Å². The Kier molecular flexibility index (Phi) is 8.27. The van der Waals surface area contributed by atoms with Crippen molar-refractivity contribution in [1.29, 1.82) is 0 Å². The van der Waals surface area contributed by atoms with Crippen LogP contribution in [0.25, 0.3) is 0 Å². The van der Waals surface area contributed by atoms with E-state index in [-0.39, 0.29) is 24.0 Å². The lowest BCUT2D eigenvalue weighted by Gasteiger charge is -2.23. The van der Waals surface area contributed by atoms with E-state index in [1.165, 1.54) is 6.42 Å². The molecule has 1 aromatic heterocycles. The first-order valence-electron chi connectivity index (χ1n) is 8.71. The molecule has 2 N–H and O–H groups in total. The zero-order chi connectivity index (χ0) is 16.9. The maximum Gasteiger partial charge on any atom is 0.192 e. The van der Waals surface area contributed by atoms with E-state index in [2.05, 4.69) is 27.1 Å². The molecule has 1 aromatic rings. The van der Waals surface area contributed by atoms with Crippen LogP contribution in [0.2, 0.25) is 0 Å². The molecule has 2 bridgehead atoms. The van der Waals surface area contributed by atoms with Crippen LogP contribution in [-0.2, 0) is 18.3 Å². The number of fused-ring (bicyclic) bond motifs is 2. The first kappa shape index (κ1) is 20.8. The van der Waals surface area contributed by atoms with E-state index in [1.807, 2.05) is 30.3 Å². The van der Waals surface area contributed by atoms with Crippen LogP contribution >= 0.6 is 35.7 Å². The molecule has 0 saturated carbocycles. The van der Waals surface area contributed by atoms with Gasteiger partial charge in [0, 0.05) is 13.6 Å². The van der Waals surface area contributed by atoms with Gasteiger partial charge in [-0.25, -0.2) is 4.99 Å². The van der Waals surface area contributed by atoms with Crippen molar-refractivity contribution in [2.75, 3.05) is 18.6 Å². The average molecular weight is 480 g/mol. The quantitative estimate of drug-likeness (QED) is 0.269. The number of aliphatic imine (C=N–C) groups is 1. The van der Waals surface area contributed by atoms with Gasteiger partial charge in [0.05, 0.1) is 18.2 Å². The van der Waals surface area contributed by atoms with Crippen molar-refractivity contribution in [2.24, 2.45) is 12.0 Å². The average Bonchev–Trinajstić information content (AvgIpc) is 3.27. The van der Waals surface area contributed by atoms with E-state index in [1.54, 1.807) is 0 Å². The Bertz CT molecular complexity index is 581. The third-order valence-electron chi connectivity index (χ3n) is 4.81. The highest BCUT2D eigenvalue weighted by atomic mass is 127. The molecular weight excluding hydrogens is 451 g/mol. The van der Waals surface area contributed by atoms with Crippen LogP contribution in [-0.4, -0.2) is 57.5 Å². The Labute approximate surface area is 171 Å². The first-order valence-corrected chi connectivity index (χ1v) is 10.1. The third kappa shape index (κ3) is 5.46. The summed E-state index contributed by atoms with van der Waals surface area (Å²) in [4.78, 5) is 4.72. The number of aromatic nitrogens is 3. The lowest BCUT2D eigenvalue weighted by molar-refractivity contribution is 0.0992. The van der Waals surface area contributed by atoms with E-state index in [0.29, 0.717) is 24.8 Å². The van der Waals surface area contributed by atoms with Crippen LogP contribution in [0.1, 0.15) is 37.3 Å². The number of ether oxygens (including phenoxy) is 1. The standard InChI is InChI=1S/C16H28N6OS.HI/c1-11-20-21-15(22(11)2)10-18-16(17-7-4-8-24-3)19-13-9-12-5-6-14(13)23-12;/h12-14H,4-10H2,1-3H3,(H2,17,18,19);1H. The normalized spacial score (nSPS) is 25.1. The Morgan fingerprint density at radius 1 is 1.40 bits per heavy atom. The van der Waals surface area contributed by atoms with Gasteiger partial charge in [0.25, 0.3) is 0 Å². The zero-order valence-electron chi connectivity index (χ0n) is 15.2. The molecule has 9 heteroatoms. The molecule has 2 aliphatic heterocycles. The number of halogens is 1. The van der Waals surface area contributed by atoms with E-state index < -0.39 is 0 Å². The fourth-order valence-electron chi connectivity index (χ4n) is 3.28. The topological polar surface area (TPSA) is 76.4 Å². The Balaban J connectivity index is 0.00000225. The number of hydrogen-bond donors (Lipinski definition) is 2. The highest BCUT2D eigenvalue weighted by Crippen LogP contribution is 2.34. The van der Waals surface area contributed by atoms with Gasteiger partial charge in [-0.1, -0.05) is 0 Å². The van der Waals surface area contributed by atoms with Crippen LogP contribution in [0.3, 0.4) is 0 Å². The van der Waals surface area contributed by atoms with E-state index in [9.17, 15) is 0 Å². The number of aryl methyl sites for hydroxylation is 1. The molecule has 7 nitrogen and oxygen atoms in total.